The summed E-state index contributed by atoms with van der Waals surface area (Å²) < 4.78 is 0. The van der Waals surface area contributed by atoms with Crippen molar-refractivity contribution >= 4 is 10.9 Å². The van der Waals surface area contributed by atoms with E-state index in [2.05, 4.69) is 60.8 Å². The predicted molar refractivity (Wildman–Crippen MR) is 116 cm³/mol. The number of para-hydroxylation sites is 1. The molecular weight excluding hydrogens is 330 g/mol. The number of aryl methyl sites for hydroxylation is 2. The lowest BCUT2D eigenvalue weighted by atomic mass is 9.80. The first-order chi connectivity index (χ1) is 13.0. The first-order valence-electron chi connectivity index (χ1n) is 11.0. The minimum absolute atomic E-state index is 0.695. The van der Waals surface area contributed by atoms with Crippen LogP contribution < -0.4 is 0 Å². The molecule has 2 aliphatic heterocycles. The van der Waals surface area contributed by atoms with E-state index in [4.69, 9.17) is 0 Å². The van der Waals surface area contributed by atoms with Gasteiger partial charge in [0.1, 0.15) is 0 Å². The van der Waals surface area contributed by atoms with Crippen LogP contribution >= 0.6 is 0 Å². The number of aromatic amines is 1. The van der Waals surface area contributed by atoms with Crippen molar-refractivity contribution < 1.29 is 0 Å². The van der Waals surface area contributed by atoms with E-state index >= 15 is 0 Å². The molecule has 0 amide bonds. The van der Waals surface area contributed by atoms with Crippen molar-refractivity contribution in [2.75, 3.05) is 39.8 Å². The monoisotopic (exact) mass is 367 g/mol. The van der Waals surface area contributed by atoms with E-state index < -0.39 is 0 Å². The summed E-state index contributed by atoms with van der Waals surface area (Å²) in [6, 6.07) is 6.76. The highest BCUT2D eigenvalue weighted by Gasteiger charge is 2.30. The Labute approximate surface area is 165 Å². The molecule has 2 atom stereocenters. The molecule has 0 bridgehead atoms. The van der Waals surface area contributed by atoms with Crippen LogP contribution in [0.1, 0.15) is 55.3 Å². The average Bonchev–Trinajstić information content (AvgIpc) is 2.99. The van der Waals surface area contributed by atoms with Gasteiger partial charge < -0.3 is 14.8 Å². The third-order valence-corrected chi connectivity index (χ3v) is 7.33. The molecule has 2 fully saturated rings. The van der Waals surface area contributed by atoms with Gasteiger partial charge in [0.15, 0.2) is 0 Å². The molecule has 1 aromatic carbocycles. The number of hydrogen-bond donors (Lipinski definition) is 1. The standard InChI is InChI=1S/C24H37N3/c1-17-6-5-7-22-23(19(3)25-24(17)22)21-11-15-27(16-18(21)2)14-10-20-8-12-26(4)13-9-20/h5-7,18,20-21,25H,8-16H2,1-4H3/t18?,21-/m1/s1. The number of rotatable bonds is 4. The summed E-state index contributed by atoms with van der Waals surface area (Å²) in [7, 11) is 2.26. The van der Waals surface area contributed by atoms with Crippen LogP contribution in [0.5, 0.6) is 0 Å². The molecule has 0 aliphatic carbocycles. The van der Waals surface area contributed by atoms with Gasteiger partial charge in [0.2, 0.25) is 0 Å². The summed E-state index contributed by atoms with van der Waals surface area (Å²) in [5.41, 5.74) is 5.69. The van der Waals surface area contributed by atoms with Gasteiger partial charge in [-0.15, -0.1) is 0 Å². The molecule has 3 heterocycles. The highest BCUT2D eigenvalue weighted by atomic mass is 15.1. The van der Waals surface area contributed by atoms with Gasteiger partial charge in [0, 0.05) is 23.1 Å². The molecule has 0 radical (unpaired) electrons. The van der Waals surface area contributed by atoms with E-state index in [0.29, 0.717) is 5.92 Å². The van der Waals surface area contributed by atoms with Crippen LogP contribution in [0.25, 0.3) is 10.9 Å². The Morgan fingerprint density at radius 1 is 1.07 bits per heavy atom. The molecule has 0 spiro atoms. The number of nitrogens with one attached hydrogen (secondary N) is 1. The maximum Gasteiger partial charge on any atom is 0.0488 e. The Morgan fingerprint density at radius 2 is 1.85 bits per heavy atom. The van der Waals surface area contributed by atoms with Crippen molar-refractivity contribution in [2.24, 2.45) is 11.8 Å². The molecule has 2 aromatic rings. The predicted octanol–water partition coefficient (Wildman–Crippen LogP) is 4.94. The molecule has 2 saturated heterocycles. The second-order valence-electron chi connectivity index (χ2n) is 9.37. The molecule has 1 aromatic heterocycles. The smallest absolute Gasteiger partial charge is 0.0488 e. The van der Waals surface area contributed by atoms with Crippen LogP contribution in [-0.2, 0) is 0 Å². The number of hydrogen-bond acceptors (Lipinski definition) is 2. The lowest BCUT2D eigenvalue weighted by Gasteiger charge is -2.38. The number of fused-ring (bicyclic) bond motifs is 1. The zero-order valence-corrected chi connectivity index (χ0v) is 17.7. The quantitative estimate of drug-likeness (QED) is 0.827. The van der Waals surface area contributed by atoms with Gasteiger partial charge in [-0.05, 0) is 102 Å². The SMILES string of the molecule is Cc1[nH]c2c(C)cccc2c1[C@@H]1CCN(CCC2CCN(C)CC2)CC1C. The van der Waals surface area contributed by atoms with E-state index in [1.54, 1.807) is 5.56 Å². The molecule has 3 nitrogen and oxygen atoms in total. The fourth-order valence-electron chi connectivity index (χ4n) is 5.57. The Balaban J connectivity index is 1.39. The van der Waals surface area contributed by atoms with E-state index in [-0.39, 0.29) is 0 Å². The van der Waals surface area contributed by atoms with Gasteiger partial charge in [-0.25, -0.2) is 0 Å². The molecule has 148 valence electrons. The van der Waals surface area contributed by atoms with Crippen LogP contribution in [0.4, 0.5) is 0 Å². The third kappa shape index (κ3) is 3.95. The molecular formula is C24H37N3. The van der Waals surface area contributed by atoms with Crippen LogP contribution in [0.3, 0.4) is 0 Å². The summed E-state index contributed by atoms with van der Waals surface area (Å²) in [5.74, 6) is 2.38. The largest absolute Gasteiger partial charge is 0.358 e. The van der Waals surface area contributed by atoms with E-state index in [1.807, 2.05) is 0 Å². The minimum atomic E-state index is 0.695. The zero-order chi connectivity index (χ0) is 19.0. The molecule has 4 rings (SSSR count). The first-order valence-corrected chi connectivity index (χ1v) is 11.0. The number of aromatic nitrogens is 1. The fourth-order valence-corrected chi connectivity index (χ4v) is 5.57. The second kappa shape index (κ2) is 7.97. The summed E-state index contributed by atoms with van der Waals surface area (Å²) in [5, 5.41) is 1.46. The van der Waals surface area contributed by atoms with Gasteiger partial charge in [-0.1, -0.05) is 25.1 Å². The summed E-state index contributed by atoms with van der Waals surface area (Å²) in [6.07, 6.45) is 5.50. The van der Waals surface area contributed by atoms with Gasteiger partial charge in [-0.3, -0.25) is 0 Å². The lowest BCUT2D eigenvalue weighted by molar-refractivity contribution is 0.140. The number of H-pyrrole nitrogens is 1. The second-order valence-corrected chi connectivity index (χ2v) is 9.37. The van der Waals surface area contributed by atoms with Crippen LogP contribution in [0.15, 0.2) is 18.2 Å². The van der Waals surface area contributed by atoms with Crippen LogP contribution in [0.2, 0.25) is 0 Å². The van der Waals surface area contributed by atoms with Gasteiger partial charge >= 0.3 is 0 Å². The third-order valence-electron chi connectivity index (χ3n) is 7.33. The minimum Gasteiger partial charge on any atom is -0.358 e. The highest BCUT2D eigenvalue weighted by Crippen LogP contribution is 2.39. The number of nitrogens with zero attached hydrogens (tertiary/aromatic N) is 2. The molecule has 0 saturated carbocycles. The molecule has 3 heteroatoms. The van der Waals surface area contributed by atoms with Gasteiger partial charge in [0.25, 0.3) is 0 Å². The van der Waals surface area contributed by atoms with E-state index in [1.165, 1.54) is 80.6 Å². The number of benzene rings is 1. The summed E-state index contributed by atoms with van der Waals surface area (Å²) >= 11 is 0. The first kappa shape index (κ1) is 19.0. The zero-order valence-electron chi connectivity index (χ0n) is 17.7. The molecule has 2 aliphatic rings. The normalized spacial score (nSPS) is 26.1. The lowest BCUT2D eigenvalue weighted by Crippen LogP contribution is -2.40. The number of piperidine rings is 2. The Bertz CT molecular complexity index is 769. The topological polar surface area (TPSA) is 22.3 Å². The van der Waals surface area contributed by atoms with Gasteiger partial charge in [-0.2, -0.15) is 0 Å². The van der Waals surface area contributed by atoms with Crippen molar-refractivity contribution in [2.45, 2.75) is 52.4 Å². The van der Waals surface area contributed by atoms with Crippen LogP contribution in [0, 0.1) is 25.7 Å². The molecule has 1 N–H and O–H groups in total. The van der Waals surface area contributed by atoms with Crippen molar-refractivity contribution in [1.29, 1.82) is 0 Å². The van der Waals surface area contributed by atoms with Crippen molar-refractivity contribution in [3.05, 3.63) is 35.0 Å². The van der Waals surface area contributed by atoms with E-state index in [0.717, 1.165) is 11.8 Å². The highest BCUT2D eigenvalue weighted by molar-refractivity contribution is 5.87. The Kier molecular flexibility index (Phi) is 5.61. The summed E-state index contributed by atoms with van der Waals surface area (Å²) in [4.78, 5) is 8.90. The maximum absolute atomic E-state index is 3.68. The van der Waals surface area contributed by atoms with E-state index in [9.17, 15) is 0 Å². The summed E-state index contributed by atoms with van der Waals surface area (Å²) in [6.45, 7) is 13.4. The number of likely N-dealkylation sites (tertiary alicyclic amines) is 2. The van der Waals surface area contributed by atoms with Crippen LogP contribution in [-0.4, -0.2) is 54.6 Å². The fraction of sp³-hybridized carbons (Fsp3) is 0.667. The molecule has 27 heavy (non-hydrogen) atoms. The van der Waals surface area contributed by atoms with Crippen molar-refractivity contribution in [3.63, 3.8) is 0 Å². The average molecular weight is 368 g/mol. The van der Waals surface area contributed by atoms with Gasteiger partial charge in [0.05, 0.1) is 0 Å². The van der Waals surface area contributed by atoms with Crippen molar-refractivity contribution in [1.82, 2.24) is 14.8 Å². The Hall–Kier alpha value is -1.32. The van der Waals surface area contributed by atoms with Crippen molar-refractivity contribution in [3.8, 4) is 0 Å². The maximum atomic E-state index is 3.68. The molecule has 1 unspecified atom stereocenters. The Morgan fingerprint density at radius 3 is 2.59 bits per heavy atom.